The van der Waals surface area contributed by atoms with Crippen molar-refractivity contribution in [3.63, 3.8) is 0 Å². The van der Waals surface area contributed by atoms with E-state index in [1.54, 1.807) is 19.2 Å². The summed E-state index contributed by atoms with van der Waals surface area (Å²) in [7, 11) is 1.57. The summed E-state index contributed by atoms with van der Waals surface area (Å²) in [5.74, 6) is 1.56. The molecular formula is C29H29N5O5S. The quantitative estimate of drug-likeness (QED) is 0.284. The van der Waals surface area contributed by atoms with Crippen molar-refractivity contribution in [3.05, 3.63) is 90.3 Å². The third kappa shape index (κ3) is 6.92. The van der Waals surface area contributed by atoms with Gasteiger partial charge in [0.05, 0.1) is 18.4 Å². The number of ether oxygens (including phenoxy) is 2. The Hall–Kier alpha value is -4.51. The van der Waals surface area contributed by atoms with Crippen LogP contribution in [0.1, 0.15) is 16.2 Å². The molecule has 1 aromatic heterocycles. The number of carbonyl (C=O) groups excluding carboxylic acids is 2. The van der Waals surface area contributed by atoms with Gasteiger partial charge in [0, 0.05) is 37.6 Å². The molecule has 1 N–H and O–H groups in total. The van der Waals surface area contributed by atoms with Crippen LogP contribution in [-0.4, -0.2) is 66.0 Å². The number of hydrogen-bond acceptors (Lipinski definition) is 9. The Labute approximate surface area is 236 Å². The van der Waals surface area contributed by atoms with E-state index in [0.29, 0.717) is 60.0 Å². The van der Waals surface area contributed by atoms with E-state index in [1.165, 1.54) is 0 Å². The summed E-state index contributed by atoms with van der Waals surface area (Å²) in [6.45, 7) is 2.81. The minimum Gasteiger partial charge on any atom is -0.496 e. The highest BCUT2D eigenvalue weighted by atomic mass is 32.2. The molecule has 5 rings (SSSR count). The van der Waals surface area contributed by atoms with Crippen LogP contribution in [0.15, 0.2) is 88.5 Å². The van der Waals surface area contributed by atoms with Gasteiger partial charge in [0.15, 0.2) is 6.61 Å². The van der Waals surface area contributed by atoms with Gasteiger partial charge in [-0.25, -0.2) is 0 Å². The van der Waals surface area contributed by atoms with Gasteiger partial charge in [0.2, 0.25) is 5.91 Å². The predicted octanol–water partition coefficient (Wildman–Crippen LogP) is 4.35. The molecule has 1 aliphatic heterocycles. The molecule has 0 aliphatic carbocycles. The second kappa shape index (κ2) is 13.0. The van der Waals surface area contributed by atoms with Crippen molar-refractivity contribution in [2.45, 2.75) is 11.8 Å². The zero-order chi connectivity index (χ0) is 27.7. The molecule has 2 amide bonds. The van der Waals surface area contributed by atoms with Crippen molar-refractivity contribution in [1.82, 2.24) is 15.1 Å². The topological polar surface area (TPSA) is 110 Å². The van der Waals surface area contributed by atoms with Gasteiger partial charge < -0.3 is 29.0 Å². The molecule has 0 unspecified atom stereocenters. The molecule has 3 aromatic carbocycles. The highest BCUT2D eigenvalue weighted by molar-refractivity contribution is 7.99. The van der Waals surface area contributed by atoms with Crippen molar-refractivity contribution in [2.75, 3.05) is 49.3 Å². The first-order valence-corrected chi connectivity index (χ1v) is 13.8. The first-order valence-electron chi connectivity index (χ1n) is 12.8. The van der Waals surface area contributed by atoms with Crippen LogP contribution in [0.25, 0.3) is 0 Å². The molecule has 2 heterocycles. The van der Waals surface area contributed by atoms with Gasteiger partial charge in [-0.05, 0) is 48.5 Å². The number of nitrogens with one attached hydrogen (secondary N) is 1. The molecule has 10 nitrogen and oxygen atoms in total. The Balaban J connectivity index is 1.05. The molecule has 0 spiro atoms. The van der Waals surface area contributed by atoms with Gasteiger partial charge in [-0.2, -0.15) is 0 Å². The normalized spacial score (nSPS) is 13.1. The van der Waals surface area contributed by atoms with Crippen LogP contribution < -0.4 is 19.7 Å². The van der Waals surface area contributed by atoms with E-state index in [2.05, 4.69) is 20.4 Å². The van der Waals surface area contributed by atoms with E-state index in [4.69, 9.17) is 13.9 Å². The van der Waals surface area contributed by atoms with Gasteiger partial charge in [-0.1, -0.05) is 42.1 Å². The molecule has 4 aromatic rings. The van der Waals surface area contributed by atoms with Crippen LogP contribution in [0.3, 0.4) is 0 Å². The number of nitrogens with zero attached hydrogens (tertiary/aromatic N) is 4. The average molecular weight is 560 g/mol. The molecule has 1 fully saturated rings. The zero-order valence-corrected chi connectivity index (χ0v) is 22.8. The summed E-state index contributed by atoms with van der Waals surface area (Å²) in [6.07, 6.45) is 0. The first-order chi connectivity index (χ1) is 19.6. The van der Waals surface area contributed by atoms with Crippen LogP contribution in [0.5, 0.6) is 11.5 Å². The molecule has 0 bridgehead atoms. The summed E-state index contributed by atoms with van der Waals surface area (Å²) in [5.41, 5.74) is 2.31. The standard InChI is InChI=1S/C29H29N5O5S/c1-37-25-10-6-5-9-24(25)28(36)34-17-15-33(16-18-34)22-13-11-21(12-14-22)30-26(35)20-40-29-32-31-27(39-29)19-38-23-7-3-2-4-8-23/h2-14H,15-20H2,1H3,(H,30,35). The Morgan fingerprint density at radius 3 is 2.40 bits per heavy atom. The maximum atomic E-state index is 13.0. The van der Waals surface area contributed by atoms with Gasteiger partial charge in [0.1, 0.15) is 11.5 Å². The molecule has 40 heavy (non-hydrogen) atoms. The number of hydrogen-bond donors (Lipinski definition) is 1. The van der Waals surface area contributed by atoms with Crippen molar-refractivity contribution in [1.29, 1.82) is 0 Å². The fraction of sp³-hybridized carbons (Fsp3) is 0.241. The number of carbonyl (C=O) groups is 2. The average Bonchev–Trinajstić information content (AvgIpc) is 3.47. The number of anilines is 2. The van der Waals surface area contributed by atoms with Crippen molar-refractivity contribution >= 4 is 35.0 Å². The summed E-state index contributed by atoms with van der Waals surface area (Å²) in [6, 6.07) is 24.3. The number of para-hydroxylation sites is 2. The summed E-state index contributed by atoms with van der Waals surface area (Å²) < 4.78 is 16.5. The van der Waals surface area contributed by atoms with E-state index < -0.39 is 0 Å². The van der Waals surface area contributed by atoms with E-state index in [1.807, 2.05) is 71.6 Å². The van der Waals surface area contributed by atoms with Gasteiger partial charge in [0.25, 0.3) is 17.0 Å². The first kappa shape index (κ1) is 27.1. The Morgan fingerprint density at radius 1 is 0.925 bits per heavy atom. The third-order valence-electron chi connectivity index (χ3n) is 6.30. The fourth-order valence-corrected chi connectivity index (χ4v) is 4.84. The summed E-state index contributed by atoms with van der Waals surface area (Å²) >= 11 is 1.16. The van der Waals surface area contributed by atoms with Gasteiger partial charge >= 0.3 is 0 Å². The monoisotopic (exact) mass is 559 g/mol. The maximum Gasteiger partial charge on any atom is 0.277 e. The lowest BCUT2D eigenvalue weighted by atomic mass is 10.1. The van der Waals surface area contributed by atoms with Crippen LogP contribution in [0, 0.1) is 0 Å². The maximum absolute atomic E-state index is 13.0. The van der Waals surface area contributed by atoms with Crippen LogP contribution >= 0.6 is 11.8 Å². The SMILES string of the molecule is COc1ccccc1C(=O)N1CCN(c2ccc(NC(=O)CSc3nnc(COc4ccccc4)o3)cc2)CC1. The van der Waals surface area contributed by atoms with Gasteiger partial charge in [-0.3, -0.25) is 9.59 Å². The second-order valence-electron chi connectivity index (χ2n) is 8.93. The summed E-state index contributed by atoms with van der Waals surface area (Å²) in [5, 5.41) is 11.1. The smallest absolute Gasteiger partial charge is 0.277 e. The highest BCUT2D eigenvalue weighted by Crippen LogP contribution is 2.24. The Kier molecular flexibility index (Phi) is 8.82. The van der Waals surface area contributed by atoms with Crippen LogP contribution in [0.4, 0.5) is 11.4 Å². The molecule has 0 atom stereocenters. The molecule has 206 valence electrons. The third-order valence-corrected chi connectivity index (χ3v) is 7.12. The lowest BCUT2D eigenvalue weighted by molar-refractivity contribution is -0.113. The number of rotatable bonds is 10. The van der Waals surface area contributed by atoms with E-state index in [9.17, 15) is 9.59 Å². The molecular weight excluding hydrogens is 530 g/mol. The molecule has 1 saturated heterocycles. The fourth-order valence-electron chi connectivity index (χ4n) is 4.26. The van der Waals surface area contributed by atoms with E-state index >= 15 is 0 Å². The van der Waals surface area contributed by atoms with Crippen LogP contribution in [0.2, 0.25) is 0 Å². The largest absolute Gasteiger partial charge is 0.496 e. The number of benzene rings is 3. The molecule has 11 heteroatoms. The minimum absolute atomic E-state index is 0.0229. The lowest BCUT2D eigenvalue weighted by Crippen LogP contribution is -2.48. The predicted molar refractivity (Wildman–Crippen MR) is 152 cm³/mol. The van der Waals surface area contributed by atoms with E-state index in [0.717, 1.165) is 17.4 Å². The zero-order valence-electron chi connectivity index (χ0n) is 22.0. The van der Waals surface area contributed by atoms with Crippen molar-refractivity contribution in [3.8, 4) is 11.5 Å². The Bertz CT molecular complexity index is 1420. The van der Waals surface area contributed by atoms with Crippen molar-refractivity contribution in [2.24, 2.45) is 0 Å². The number of piperazine rings is 1. The molecule has 0 radical (unpaired) electrons. The highest BCUT2D eigenvalue weighted by Gasteiger charge is 2.24. The molecule has 1 aliphatic rings. The summed E-state index contributed by atoms with van der Waals surface area (Å²) in [4.78, 5) is 29.5. The molecule has 0 saturated carbocycles. The second-order valence-corrected chi connectivity index (χ2v) is 9.85. The van der Waals surface area contributed by atoms with E-state index in [-0.39, 0.29) is 24.2 Å². The van der Waals surface area contributed by atoms with Crippen LogP contribution in [-0.2, 0) is 11.4 Å². The van der Waals surface area contributed by atoms with Crippen molar-refractivity contribution < 1.29 is 23.5 Å². The Morgan fingerprint density at radius 2 is 1.65 bits per heavy atom. The minimum atomic E-state index is -0.179. The number of aromatic nitrogens is 2. The number of amides is 2. The number of thioether (sulfide) groups is 1. The lowest BCUT2D eigenvalue weighted by Gasteiger charge is -2.36. The number of methoxy groups -OCH3 is 1. The van der Waals surface area contributed by atoms with Gasteiger partial charge in [-0.15, -0.1) is 10.2 Å².